The number of H-pyrrole nitrogens is 1. The van der Waals surface area contributed by atoms with Gasteiger partial charge in [0.2, 0.25) is 0 Å². The molecular weight excluding hydrogens is 306 g/mol. The third kappa shape index (κ3) is 3.18. The van der Waals surface area contributed by atoms with E-state index < -0.39 is 0 Å². The van der Waals surface area contributed by atoms with Crippen molar-refractivity contribution >= 4 is 11.7 Å². The van der Waals surface area contributed by atoms with Gasteiger partial charge in [0.05, 0.1) is 12.1 Å². The van der Waals surface area contributed by atoms with Crippen LogP contribution in [0.3, 0.4) is 0 Å². The zero-order valence-corrected chi connectivity index (χ0v) is 13.7. The summed E-state index contributed by atoms with van der Waals surface area (Å²) in [6.45, 7) is 1.14. The van der Waals surface area contributed by atoms with Gasteiger partial charge in [-0.15, -0.1) is 0 Å². The largest absolute Gasteiger partial charge is 0.485 e. The Bertz CT molecular complexity index is 777. The van der Waals surface area contributed by atoms with Crippen molar-refractivity contribution in [3.63, 3.8) is 0 Å². The fraction of sp³-hybridized carbons (Fsp3) is 0.353. The maximum atomic E-state index is 12.5. The van der Waals surface area contributed by atoms with Crippen molar-refractivity contribution in [2.75, 3.05) is 32.1 Å². The number of amides is 1. The number of ether oxygens (including phenoxy) is 1. The molecule has 0 radical (unpaired) electrons. The average Bonchev–Trinajstić information content (AvgIpc) is 3.23. The van der Waals surface area contributed by atoms with Crippen LogP contribution in [0.2, 0.25) is 0 Å². The lowest BCUT2D eigenvalue weighted by Gasteiger charge is -2.20. The highest BCUT2D eigenvalue weighted by Crippen LogP contribution is 2.27. The van der Waals surface area contributed by atoms with Crippen LogP contribution in [-0.2, 0) is 0 Å². The molecule has 0 saturated carbocycles. The van der Waals surface area contributed by atoms with Gasteiger partial charge in [-0.1, -0.05) is 0 Å². The molecule has 1 aliphatic heterocycles. The zero-order chi connectivity index (χ0) is 17.1. The number of rotatable bonds is 4. The van der Waals surface area contributed by atoms with Crippen LogP contribution >= 0.6 is 0 Å². The molecule has 0 aliphatic carbocycles. The third-order valence-electron chi connectivity index (χ3n) is 3.94. The molecule has 0 spiro atoms. The van der Waals surface area contributed by atoms with Gasteiger partial charge in [-0.2, -0.15) is 5.26 Å². The van der Waals surface area contributed by atoms with Crippen LogP contribution in [0.4, 0.5) is 5.82 Å². The van der Waals surface area contributed by atoms with Crippen molar-refractivity contribution in [2.24, 2.45) is 0 Å². The SMILES string of the molecule is CN(C)c1ncccc1OC1CCN(C(=O)c2cc(C#N)c[nH]2)C1. The van der Waals surface area contributed by atoms with E-state index in [-0.39, 0.29) is 12.0 Å². The minimum Gasteiger partial charge on any atom is -0.485 e. The van der Waals surface area contributed by atoms with Gasteiger partial charge in [-0.25, -0.2) is 4.98 Å². The average molecular weight is 325 g/mol. The smallest absolute Gasteiger partial charge is 0.270 e. The first-order valence-corrected chi connectivity index (χ1v) is 7.75. The third-order valence-corrected chi connectivity index (χ3v) is 3.94. The molecule has 0 bridgehead atoms. The number of nitrogens with zero attached hydrogens (tertiary/aromatic N) is 4. The second-order valence-electron chi connectivity index (χ2n) is 5.91. The summed E-state index contributed by atoms with van der Waals surface area (Å²) in [6.07, 6.45) is 3.96. The summed E-state index contributed by atoms with van der Waals surface area (Å²) >= 11 is 0. The van der Waals surface area contributed by atoms with E-state index in [1.807, 2.05) is 37.2 Å². The lowest BCUT2D eigenvalue weighted by Crippen LogP contribution is -2.31. The Morgan fingerprint density at radius 2 is 2.38 bits per heavy atom. The van der Waals surface area contributed by atoms with Gasteiger partial charge in [0, 0.05) is 39.5 Å². The maximum absolute atomic E-state index is 12.5. The number of carbonyl (C=O) groups is 1. The zero-order valence-electron chi connectivity index (χ0n) is 13.7. The number of hydrogen-bond donors (Lipinski definition) is 1. The maximum Gasteiger partial charge on any atom is 0.270 e. The molecule has 3 heterocycles. The molecular formula is C17H19N5O2. The number of nitriles is 1. The second-order valence-corrected chi connectivity index (χ2v) is 5.91. The Morgan fingerprint density at radius 3 is 3.08 bits per heavy atom. The summed E-state index contributed by atoms with van der Waals surface area (Å²) in [7, 11) is 3.83. The highest BCUT2D eigenvalue weighted by molar-refractivity contribution is 5.93. The van der Waals surface area contributed by atoms with E-state index in [4.69, 9.17) is 10.00 Å². The van der Waals surface area contributed by atoms with E-state index in [2.05, 4.69) is 9.97 Å². The van der Waals surface area contributed by atoms with Crippen molar-refractivity contribution in [3.8, 4) is 11.8 Å². The molecule has 1 amide bonds. The van der Waals surface area contributed by atoms with Gasteiger partial charge in [-0.3, -0.25) is 4.79 Å². The minimum atomic E-state index is -0.110. The van der Waals surface area contributed by atoms with Crippen LogP contribution in [-0.4, -0.2) is 54.1 Å². The Balaban J connectivity index is 1.66. The first-order valence-electron chi connectivity index (χ1n) is 7.75. The van der Waals surface area contributed by atoms with Crippen molar-refractivity contribution in [1.82, 2.24) is 14.9 Å². The van der Waals surface area contributed by atoms with Crippen LogP contribution in [0.15, 0.2) is 30.6 Å². The molecule has 1 atom stereocenters. The first kappa shape index (κ1) is 15.9. The second kappa shape index (κ2) is 6.62. The Labute approximate surface area is 140 Å². The molecule has 3 rings (SSSR count). The van der Waals surface area contributed by atoms with Gasteiger partial charge >= 0.3 is 0 Å². The van der Waals surface area contributed by atoms with Crippen molar-refractivity contribution in [2.45, 2.75) is 12.5 Å². The molecule has 124 valence electrons. The van der Waals surface area contributed by atoms with Gasteiger partial charge in [0.25, 0.3) is 5.91 Å². The topological polar surface area (TPSA) is 85.2 Å². The van der Waals surface area contributed by atoms with Crippen LogP contribution in [0, 0.1) is 11.3 Å². The number of likely N-dealkylation sites (tertiary alicyclic amines) is 1. The standard InChI is InChI=1S/C17H19N5O2/c1-21(2)16-15(4-3-6-19-16)24-13-5-7-22(11-13)17(23)14-8-12(9-18)10-20-14/h3-4,6,8,10,13,20H,5,7,11H2,1-2H3. The molecule has 24 heavy (non-hydrogen) atoms. The summed E-state index contributed by atoms with van der Waals surface area (Å²) in [5.74, 6) is 1.38. The molecule has 1 fully saturated rings. The molecule has 2 aromatic rings. The Morgan fingerprint density at radius 1 is 1.54 bits per heavy atom. The summed E-state index contributed by atoms with van der Waals surface area (Å²) in [5, 5.41) is 8.85. The van der Waals surface area contributed by atoms with E-state index in [1.54, 1.807) is 17.2 Å². The number of carbonyl (C=O) groups excluding carboxylic acids is 1. The summed E-state index contributed by atoms with van der Waals surface area (Å²) < 4.78 is 6.05. The number of pyridine rings is 1. The highest BCUT2D eigenvalue weighted by atomic mass is 16.5. The summed E-state index contributed by atoms with van der Waals surface area (Å²) in [6, 6.07) is 7.31. The summed E-state index contributed by atoms with van der Waals surface area (Å²) in [4.78, 5) is 23.3. The summed E-state index contributed by atoms with van der Waals surface area (Å²) in [5.41, 5.74) is 0.888. The van der Waals surface area contributed by atoms with Gasteiger partial charge in [0.15, 0.2) is 11.6 Å². The molecule has 7 nitrogen and oxygen atoms in total. The molecule has 7 heteroatoms. The van der Waals surface area contributed by atoms with Crippen molar-refractivity contribution < 1.29 is 9.53 Å². The number of nitrogens with one attached hydrogen (secondary N) is 1. The van der Waals surface area contributed by atoms with Crippen LogP contribution in [0.5, 0.6) is 5.75 Å². The number of aromatic nitrogens is 2. The molecule has 0 aromatic carbocycles. The molecule has 1 saturated heterocycles. The minimum absolute atomic E-state index is 0.0674. The Hall–Kier alpha value is -3.01. The monoisotopic (exact) mass is 325 g/mol. The lowest BCUT2D eigenvalue weighted by atomic mass is 10.3. The van der Waals surface area contributed by atoms with Crippen molar-refractivity contribution in [3.05, 3.63) is 41.9 Å². The van der Waals surface area contributed by atoms with E-state index in [0.29, 0.717) is 30.1 Å². The lowest BCUT2D eigenvalue weighted by molar-refractivity contribution is 0.0767. The predicted octanol–water partition coefficient (Wildman–Crippen LogP) is 1.64. The predicted molar refractivity (Wildman–Crippen MR) is 89.0 cm³/mol. The fourth-order valence-electron chi connectivity index (χ4n) is 2.75. The van der Waals surface area contributed by atoms with Crippen molar-refractivity contribution in [1.29, 1.82) is 5.26 Å². The molecule has 1 N–H and O–H groups in total. The number of hydrogen-bond acceptors (Lipinski definition) is 5. The van der Waals surface area contributed by atoms with E-state index in [0.717, 1.165) is 12.2 Å². The molecule has 1 aliphatic rings. The van der Waals surface area contributed by atoms with E-state index in [9.17, 15) is 4.79 Å². The van der Waals surface area contributed by atoms with E-state index in [1.165, 1.54) is 6.20 Å². The van der Waals surface area contributed by atoms with Gasteiger partial charge < -0.3 is 19.5 Å². The first-order chi connectivity index (χ1) is 11.6. The van der Waals surface area contributed by atoms with E-state index >= 15 is 0 Å². The molecule has 2 aromatic heterocycles. The normalized spacial score (nSPS) is 16.7. The fourth-order valence-corrected chi connectivity index (χ4v) is 2.75. The van der Waals surface area contributed by atoms with Crippen LogP contribution < -0.4 is 9.64 Å². The van der Waals surface area contributed by atoms with Crippen LogP contribution in [0.1, 0.15) is 22.5 Å². The quantitative estimate of drug-likeness (QED) is 0.923. The van der Waals surface area contributed by atoms with Crippen LogP contribution in [0.25, 0.3) is 0 Å². The highest BCUT2D eigenvalue weighted by Gasteiger charge is 2.29. The molecule has 1 unspecified atom stereocenters. The van der Waals surface area contributed by atoms with Gasteiger partial charge in [-0.05, 0) is 18.2 Å². The number of anilines is 1. The number of aromatic amines is 1. The van der Waals surface area contributed by atoms with Gasteiger partial charge in [0.1, 0.15) is 17.9 Å². The Kier molecular flexibility index (Phi) is 4.38.